The molecule has 0 radical (unpaired) electrons. The lowest BCUT2D eigenvalue weighted by Gasteiger charge is -2.05. The Morgan fingerprint density at radius 2 is 1.40 bits per heavy atom. The van der Waals surface area contributed by atoms with E-state index in [0.29, 0.717) is 0 Å². The van der Waals surface area contributed by atoms with Gasteiger partial charge in [-0.25, -0.2) is 19.6 Å². The van der Waals surface area contributed by atoms with Crippen molar-refractivity contribution in [3.63, 3.8) is 0 Å². The van der Waals surface area contributed by atoms with Gasteiger partial charge in [0.1, 0.15) is 6.67 Å². The number of nitrogens with zero attached hydrogens (tertiary/aromatic N) is 4. The molecule has 0 amide bonds. The van der Waals surface area contributed by atoms with Crippen LogP contribution in [0, 0.1) is 0 Å². The van der Waals surface area contributed by atoms with Crippen molar-refractivity contribution in [2.75, 3.05) is 0 Å². The minimum atomic E-state index is -0.395. The monoisotopic (exact) mass is 204 g/mol. The van der Waals surface area contributed by atoms with Gasteiger partial charge in [-0.2, -0.15) is 0 Å². The first-order chi connectivity index (χ1) is 7.27. The summed E-state index contributed by atoms with van der Waals surface area (Å²) < 4.78 is 2.64. The number of aromatic nitrogens is 4. The Kier molecular flexibility index (Phi) is 2.40. The van der Waals surface area contributed by atoms with Gasteiger partial charge < -0.3 is 0 Å². The van der Waals surface area contributed by atoms with Crippen LogP contribution in [-0.2, 0) is 6.67 Å². The van der Waals surface area contributed by atoms with Crippen molar-refractivity contribution < 1.29 is 0 Å². The Labute approximate surface area is 84.5 Å². The van der Waals surface area contributed by atoms with E-state index in [1.54, 1.807) is 24.5 Å². The summed E-state index contributed by atoms with van der Waals surface area (Å²) in [6, 6.07) is 3.26. The summed E-state index contributed by atoms with van der Waals surface area (Å²) >= 11 is 0. The topological polar surface area (TPSA) is 69.8 Å². The first-order valence-electron chi connectivity index (χ1n) is 4.30. The van der Waals surface area contributed by atoms with Gasteiger partial charge in [-0.15, -0.1) is 0 Å². The van der Waals surface area contributed by atoms with Crippen molar-refractivity contribution in [2.45, 2.75) is 6.67 Å². The van der Waals surface area contributed by atoms with E-state index < -0.39 is 11.4 Å². The molecule has 6 nitrogen and oxygen atoms in total. The molecule has 0 saturated heterocycles. The normalized spacial score (nSPS) is 10.1. The van der Waals surface area contributed by atoms with Gasteiger partial charge >= 0.3 is 11.4 Å². The zero-order valence-corrected chi connectivity index (χ0v) is 7.78. The van der Waals surface area contributed by atoms with E-state index >= 15 is 0 Å². The first kappa shape index (κ1) is 9.32. The van der Waals surface area contributed by atoms with Gasteiger partial charge in [-0.3, -0.25) is 9.13 Å². The van der Waals surface area contributed by atoms with E-state index in [0.717, 1.165) is 0 Å². The smallest absolute Gasteiger partial charge is 0.280 e. The molecule has 0 spiro atoms. The molecular weight excluding hydrogens is 196 g/mol. The first-order valence-corrected chi connectivity index (χ1v) is 4.30. The summed E-state index contributed by atoms with van der Waals surface area (Å²) in [7, 11) is 0. The van der Waals surface area contributed by atoms with E-state index in [1.165, 1.54) is 21.5 Å². The molecule has 2 heterocycles. The molecule has 0 atom stereocenters. The lowest BCUT2D eigenvalue weighted by molar-refractivity contribution is 0.549. The van der Waals surface area contributed by atoms with Gasteiger partial charge in [0.15, 0.2) is 0 Å². The van der Waals surface area contributed by atoms with Crippen molar-refractivity contribution in [3.8, 4) is 0 Å². The lowest BCUT2D eigenvalue weighted by Crippen LogP contribution is -2.30. The summed E-state index contributed by atoms with van der Waals surface area (Å²) in [5, 5.41) is 0. The van der Waals surface area contributed by atoms with Crippen LogP contribution in [-0.4, -0.2) is 19.1 Å². The van der Waals surface area contributed by atoms with Crippen LogP contribution in [0.25, 0.3) is 0 Å². The van der Waals surface area contributed by atoms with E-state index in [-0.39, 0.29) is 6.67 Å². The number of rotatable bonds is 2. The zero-order valence-electron chi connectivity index (χ0n) is 7.78. The molecule has 0 fully saturated rings. The second-order valence-corrected chi connectivity index (χ2v) is 2.89. The van der Waals surface area contributed by atoms with Crippen LogP contribution < -0.4 is 11.4 Å². The molecular formula is C9H8N4O2. The molecule has 2 rings (SSSR count). The van der Waals surface area contributed by atoms with Gasteiger partial charge in [0.05, 0.1) is 0 Å². The van der Waals surface area contributed by atoms with Crippen LogP contribution in [0.1, 0.15) is 0 Å². The summed E-state index contributed by atoms with van der Waals surface area (Å²) in [6.45, 7) is 0.124. The van der Waals surface area contributed by atoms with Crippen molar-refractivity contribution in [2.24, 2.45) is 0 Å². The predicted octanol–water partition coefficient (Wildman–Crippen LogP) is -0.694. The van der Waals surface area contributed by atoms with Gasteiger partial charge in [0.25, 0.3) is 0 Å². The number of hydrogen-bond donors (Lipinski definition) is 0. The molecule has 15 heavy (non-hydrogen) atoms. The third-order valence-corrected chi connectivity index (χ3v) is 1.87. The fourth-order valence-electron chi connectivity index (χ4n) is 1.15. The summed E-state index contributed by atoms with van der Waals surface area (Å²) in [5.74, 6) is 0. The summed E-state index contributed by atoms with van der Waals surface area (Å²) in [5.41, 5.74) is -0.790. The molecule has 0 aliphatic rings. The Bertz CT molecular complexity index is 521. The Morgan fingerprint density at radius 1 is 0.933 bits per heavy atom. The average molecular weight is 204 g/mol. The van der Waals surface area contributed by atoms with Crippen molar-refractivity contribution in [1.82, 2.24) is 19.1 Å². The zero-order chi connectivity index (χ0) is 10.7. The quantitative estimate of drug-likeness (QED) is 0.649. The van der Waals surface area contributed by atoms with E-state index in [1.807, 2.05) is 0 Å². The van der Waals surface area contributed by atoms with Gasteiger partial charge in [-0.1, -0.05) is 0 Å². The molecule has 0 aliphatic carbocycles. The fourth-order valence-corrected chi connectivity index (χ4v) is 1.15. The Balaban J connectivity index is 2.39. The second kappa shape index (κ2) is 3.87. The highest BCUT2D eigenvalue weighted by atomic mass is 16.2. The minimum absolute atomic E-state index is 0.124. The summed E-state index contributed by atoms with van der Waals surface area (Å²) in [6.07, 6.45) is 5.94. The average Bonchev–Trinajstić information content (AvgIpc) is 2.24. The van der Waals surface area contributed by atoms with Crippen LogP contribution in [0.2, 0.25) is 0 Å². The standard InChI is InChI=1S/C9H8N4O2/c14-8-10-3-1-5-12(8)7-13-6-2-4-11-9(13)15/h1-6H,7H2. The Morgan fingerprint density at radius 3 is 1.80 bits per heavy atom. The molecule has 0 N–H and O–H groups in total. The molecule has 6 heteroatoms. The maximum absolute atomic E-state index is 11.3. The molecule has 0 bridgehead atoms. The number of hydrogen-bond acceptors (Lipinski definition) is 4. The van der Waals surface area contributed by atoms with Crippen molar-refractivity contribution in [1.29, 1.82) is 0 Å². The third kappa shape index (κ3) is 1.98. The SMILES string of the molecule is O=c1ncccn1Cn1cccnc1=O. The van der Waals surface area contributed by atoms with E-state index in [9.17, 15) is 9.59 Å². The lowest BCUT2D eigenvalue weighted by atomic mass is 10.6. The van der Waals surface area contributed by atoms with E-state index in [4.69, 9.17) is 0 Å². The highest BCUT2D eigenvalue weighted by molar-refractivity contribution is 4.84. The minimum Gasteiger partial charge on any atom is -0.280 e. The highest BCUT2D eigenvalue weighted by Crippen LogP contribution is 1.82. The molecule has 2 aromatic rings. The van der Waals surface area contributed by atoms with Crippen molar-refractivity contribution >= 4 is 0 Å². The fraction of sp³-hybridized carbons (Fsp3) is 0.111. The van der Waals surface area contributed by atoms with Gasteiger partial charge in [0, 0.05) is 24.8 Å². The van der Waals surface area contributed by atoms with Crippen LogP contribution in [0.5, 0.6) is 0 Å². The molecule has 0 aliphatic heterocycles. The molecule has 0 aromatic carbocycles. The molecule has 76 valence electrons. The largest absolute Gasteiger partial charge is 0.348 e. The van der Waals surface area contributed by atoms with Crippen molar-refractivity contribution in [3.05, 3.63) is 57.9 Å². The molecule has 0 unspecified atom stereocenters. The summed E-state index contributed by atoms with van der Waals surface area (Å²) in [4.78, 5) is 29.7. The second-order valence-electron chi connectivity index (χ2n) is 2.89. The van der Waals surface area contributed by atoms with Crippen LogP contribution in [0.3, 0.4) is 0 Å². The van der Waals surface area contributed by atoms with Crippen LogP contribution >= 0.6 is 0 Å². The van der Waals surface area contributed by atoms with Gasteiger partial charge in [-0.05, 0) is 12.1 Å². The molecule has 2 aromatic heterocycles. The van der Waals surface area contributed by atoms with Crippen LogP contribution in [0.4, 0.5) is 0 Å². The van der Waals surface area contributed by atoms with E-state index in [2.05, 4.69) is 9.97 Å². The third-order valence-electron chi connectivity index (χ3n) is 1.87. The van der Waals surface area contributed by atoms with Gasteiger partial charge in [0.2, 0.25) is 0 Å². The molecule has 0 saturated carbocycles. The Hall–Kier alpha value is -2.24. The highest BCUT2D eigenvalue weighted by Gasteiger charge is 1.97. The maximum atomic E-state index is 11.3. The van der Waals surface area contributed by atoms with Crippen LogP contribution in [0.15, 0.2) is 46.5 Å². The maximum Gasteiger partial charge on any atom is 0.348 e. The predicted molar refractivity (Wildman–Crippen MR) is 52.4 cm³/mol.